The first-order valence-electron chi connectivity index (χ1n) is 5.71. The minimum Gasteiger partial charge on any atom is -0.330 e. The third-order valence-corrected chi connectivity index (χ3v) is 1.95. The predicted molar refractivity (Wildman–Crippen MR) is 62.6 cm³/mol. The fourth-order valence-corrected chi connectivity index (χ4v) is 1.12. The molecular weight excluding hydrogens is 222 g/mol. The van der Waals surface area contributed by atoms with Gasteiger partial charge in [0.05, 0.1) is 6.42 Å². The first-order chi connectivity index (χ1) is 8.00. The summed E-state index contributed by atoms with van der Waals surface area (Å²) in [7, 11) is 0. The van der Waals surface area contributed by atoms with E-state index in [1.54, 1.807) is 6.92 Å². The molecule has 0 aromatic rings. The number of hydrogen-bond acceptors (Lipinski definition) is 4. The van der Waals surface area contributed by atoms with Crippen molar-refractivity contribution >= 4 is 17.8 Å². The van der Waals surface area contributed by atoms with Crippen LogP contribution >= 0.6 is 0 Å². The molecule has 0 aromatic heterocycles. The SMILES string of the molecule is C=C(C)CCC(=O)ON1C(=O)CCC1=O.CC. The summed E-state index contributed by atoms with van der Waals surface area (Å²) in [5, 5.41) is 0.556. The van der Waals surface area contributed by atoms with Crippen LogP contribution in [0.4, 0.5) is 0 Å². The summed E-state index contributed by atoms with van der Waals surface area (Å²) < 4.78 is 0. The van der Waals surface area contributed by atoms with Gasteiger partial charge < -0.3 is 4.84 Å². The molecule has 0 aromatic carbocycles. The maximum absolute atomic E-state index is 11.2. The van der Waals surface area contributed by atoms with Gasteiger partial charge in [-0.15, -0.1) is 11.6 Å². The van der Waals surface area contributed by atoms with Crippen molar-refractivity contribution in [1.82, 2.24) is 5.06 Å². The highest BCUT2D eigenvalue weighted by Crippen LogP contribution is 2.13. The molecule has 0 bridgehead atoms. The third kappa shape index (κ3) is 5.29. The van der Waals surface area contributed by atoms with E-state index in [1.165, 1.54) is 0 Å². The number of hydroxylamine groups is 2. The topological polar surface area (TPSA) is 63.7 Å². The average molecular weight is 241 g/mol. The molecule has 17 heavy (non-hydrogen) atoms. The molecule has 0 radical (unpaired) electrons. The number of imide groups is 1. The molecule has 5 heteroatoms. The van der Waals surface area contributed by atoms with E-state index in [0.717, 1.165) is 5.57 Å². The molecule has 0 N–H and O–H groups in total. The summed E-state index contributed by atoms with van der Waals surface area (Å²) in [5.41, 5.74) is 0.853. The lowest BCUT2D eigenvalue weighted by Crippen LogP contribution is -2.31. The molecule has 96 valence electrons. The molecule has 0 saturated carbocycles. The van der Waals surface area contributed by atoms with Crippen LogP contribution in [0.15, 0.2) is 12.2 Å². The minimum absolute atomic E-state index is 0.118. The van der Waals surface area contributed by atoms with Crippen molar-refractivity contribution in [3.63, 3.8) is 0 Å². The van der Waals surface area contributed by atoms with Gasteiger partial charge in [0.25, 0.3) is 11.8 Å². The minimum atomic E-state index is -0.582. The second-order valence-electron chi connectivity index (χ2n) is 3.50. The lowest BCUT2D eigenvalue weighted by Gasteiger charge is -2.12. The Hall–Kier alpha value is -1.65. The molecule has 0 spiro atoms. The third-order valence-electron chi connectivity index (χ3n) is 1.95. The first-order valence-corrected chi connectivity index (χ1v) is 5.71. The summed E-state index contributed by atoms with van der Waals surface area (Å²) >= 11 is 0. The molecule has 1 fully saturated rings. The van der Waals surface area contributed by atoms with E-state index in [1.807, 2.05) is 13.8 Å². The van der Waals surface area contributed by atoms with Gasteiger partial charge >= 0.3 is 5.97 Å². The van der Waals surface area contributed by atoms with Gasteiger partial charge in [0.1, 0.15) is 0 Å². The van der Waals surface area contributed by atoms with E-state index in [0.29, 0.717) is 11.5 Å². The summed E-state index contributed by atoms with van der Waals surface area (Å²) in [6, 6.07) is 0. The van der Waals surface area contributed by atoms with Crippen molar-refractivity contribution in [3.8, 4) is 0 Å². The van der Waals surface area contributed by atoms with E-state index >= 15 is 0 Å². The summed E-state index contributed by atoms with van der Waals surface area (Å²) in [6.07, 6.45) is 0.862. The van der Waals surface area contributed by atoms with Crippen LogP contribution in [0.2, 0.25) is 0 Å². The Labute approximate surface area is 101 Å². The number of hydrogen-bond donors (Lipinski definition) is 0. The summed E-state index contributed by atoms with van der Waals surface area (Å²) in [6.45, 7) is 9.42. The Morgan fingerprint density at radius 2 is 1.71 bits per heavy atom. The first kappa shape index (κ1) is 15.3. The zero-order chi connectivity index (χ0) is 13.4. The zero-order valence-corrected chi connectivity index (χ0v) is 10.6. The molecule has 1 saturated heterocycles. The van der Waals surface area contributed by atoms with Crippen molar-refractivity contribution in [1.29, 1.82) is 0 Å². The largest absolute Gasteiger partial charge is 0.333 e. The molecule has 1 aliphatic rings. The highest BCUT2D eigenvalue weighted by Gasteiger charge is 2.32. The van der Waals surface area contributed by atoms with Gasteiger partial charge in [-0.25, -0.2) is 4.79 Å². The standard InChI is InChI=1S/C10H13NO4.C2H6/c1-7(2)3-6-10(14)15-11-8(12)4-5-9(11)13;1-2/h1,3-6H2,2H3;1-2H3. The van der Waals surface area contributed by atoms with Crippen molar-refractivity contribution in [2.45, 2.75) is 46.5 Å². The number of amides is 2. The summed E-state index contributed by atoms with van der Waals surface area (Å²) in [4.78, 5) is 38.0. The van der Waals surface area contributed by atoms with E-state index in [9.17, 15) is 14.4 Å². The average Bonchev–Trinajstić information content (AvgIpc) is 2.61. The van der Waals surface area contributed by atoms with Gasteiger partial charge in [-0.2, -0.15) is 0 Å². The molecule has 0 unspecified atom stereocenters. The van der Waals surface area contributed by atoms with Crippen LogP contribution in [0.5, 0.6) is 0 Å². The van der Waals surface area contributed by atoms with Crippen LogP contribution in [-0.2, 0) is 19.2 Å². The van der Waals surface area contributed by atoms with Gasteiger partial charge in [-0.1, -0.05) is 19.4 Å². The predicted octanol–water partition coefficient (Wildman–Crippen LogP) is 1.98. The van der Waals surface area contributed by atoms with Crippen LogP contribution in [0, 0.1) is 0 Å². The van der Waals surface area contributed by atoms with Crippen LogP contribution in [0.1, 0.15) is 46.5 Å². The number of carbonyl (C=O) groups is 3. The van der Waals surface area contributed by atoms with Gasteiger partial charge in [-0.05, 0) is 13.3 Å². The Morgan fingerprint density at radius 1 is 1.24 bits per heavy atom. The molecule has 1 aliphatic heterocycles. The van der Waals surface area contributed by atoms with Gasteiger partial charge in [0, 0.05) is 12.8 Å². The Morgan fingerprint density at radius 3 is 2.12 bits per heavy atom. The van der Waals surface area contributed by atoms with Crippen molar-refractivity contribution in [2.24, 2.45) is 0 Å². The molecule has 2 amide bonds. The smallest absolute Gasteiger partial charge is 0.330 e. The van der Waals surface area contributed by atoms with Crippen molar-refractivity contribution < 1.29 is 19.2 Å². The maximum Gasteiger partial charge on any atom is 0.333 e. The van der Waals surface area contributed by atoms with Gasteiger partial charge in [-0.3, -0.25) is 9.59 Å². The molecule has 0 atom stereocenters. The van der Waals surface area contributed by atoms with E-state index < -0.39 is 17.8 Å². The molecule has 1 rings (SSSR count). The second-order valence-corrected chi connectivity index (χ2v) is 3.50. The maximum atomic E-state index is 11.2. The van der Waals surface area contributed by atoms with Gasteiger partial charge in [0.15, 0.2) is 0 Å². The number of carbonyl (C=O) groups excluding carboxylic acids is 3. The molecule has 5 nitrogen and oxygen atoms in total. The molecule has 0 aliphatic carbocycles. The Balaban J connectivity index is 0.00000121. The number of nitrogens with zero attached hydrogens (tertiary/aromatic N) is 1. The van der Waals surface area contributed by atoms with Crippen LogP contribution in [0.25, 0.3) is 0 Å². The van der Waals surface area contributed by atoms with Crippen LogP contribution < -0.4 is 0 Å². The highest BCUT2D eigenvalue weighted by molar-refractivity contribution is 6.01. The second kappa shape index (κ2) is 7.60. The number of allylic oxidation sites excluding steroid dienone is 1. The molecule has 1 heterocycles. The summed E-state index contributed by atoms with van der Waals surface area (Å²) in [5.74, 6) is -1.49. The highest BCUT2D eigenvalue weighted by atomic mass is 16.7. The van der Waals surface area contributed by atoms with Gasteiger partial charge in [0.2, 0.25) is 0 Å². The monoisotopic (exact) mass is 241 g/mol. The van der Waals surface area contributed by atoms with Crippen molar-refractivity contribution in [2.75, 3.05) is 0 Å². The normalized spacial score (nSPS) is 14.2. The van der Waals surface area contributed by atoms with E-state index in [2.05, 4.69) is 11.4 Å². The van der Waals surface area contributed by atoms with E-state index in [4.69, 9.17) is 0 Å². The van der Waals surface area contributed by atoms with Crippen molar-refractivity contribution in [3.05, 3.63) is 12.2 Å². The fraction of sp³-hybridized carbons (Fsp3) is 0.583. The Bertz CT molecular complexity index is 306. The quantitative estimate of drug-likeness (QED) is 0.557. The Kier molecular flexibility index (Phi) is 6.86. The lowest BCUT2D eigenvalue weighted by molar-refractivity contribution is -0.197. The lowest BCUT2D eigenvalue weighted by atomic mass is 10.2. The number of rotatable bonds is 4. The van der Waals surface area contributed by atoms with Crippen LogP contribution in [0.3, 0.4) is 0 Å². The molecular formula is C12H19NO4. The zero-order valence-electron chi connectivity index (χ0n) is 10.6. The van der Waals surface area contributed by atoms with Crippen LogP contribution in [-0.4, -0.2) is 22.8 Å². The fourth-order valence-electron chi connectivity index (χ4n) is 1.12. The van der Waals surface area contributed by atoms with E-state index in [-0.39, 0.29) is 19.3 Å².